The Kier molecular flexibility index (Phi) is 3.83. The molecule has 0 amide bonds. The van der Waals surface area contributed by atoms with Gasteiger partial charge in [0.15, 0.2) is 5.65 Å². The van der Waals surface area contributed by atoms with Crippen molar-refractivity contribution in [3.63, 3.8) is 0 Å². The number of alkyl halides is 1. The minimum Gasteiger partial charge on any atom is -0.378 e. The van der Waals surface area contributed by atoms with Crippen LogP contribution in [0.4, 0.5) is 16.0 Å². The molecule has 2 saturated heterocycles. The Morgan fingerprint density at radius 2 is 2.13 bits per heavy atom. The molecule has 2 aliphatic heterocycles. The van der Waals surface area contributed by atoms with Crippen LogP contribution in [0.1, 0.15) is 20.3 Å². The van der Waals surface area contributed by atoms with Gasteiger partial charge in [-0.05, 0) is 23.7 Å². The van der Waals surface area contributed by atoms with Gasteiger partial charge in [-0.25, -0.2) is 9.37 Å². The van der Waals surface area contributed by atoms with Crippen LogP contribution >= 0.6 is 0 Å². The maximum Gasteiger partial charge on any atom is 0.243 e. The van der Waals surface area contributed by atoms with Gasteiger partial charge in [0.2, 0.25) is 5.95 Å². The lowest BCUT2D eigenvalue weighted by Crippen LogP contribution is -2.39. The molecule has 10 heteroatoms. The first-order chi connectivity index (χ1) is 14.5. The zero-order valence-corrected chi connectivity index (χ0v) is 17.0. The number of H-pyrrole nitrogens is 1. The lowest BCUT2D eigenvalue weighted by molar-refractivity contribution is 0.0284. The van der Waals surface area contributed by atoms with Crippen molar-refractivity contribution in [2.45, 2.75) is 32.5 Å². The number of halogens is 1. The van der Waals surface area contributed by atoms with Crippen LogP contribution in [-0.4, -0.2) is 68.3 Å². The van der Waals surface area contributed by atoms with Gasteiger partial charge in [-0.3, -0.25) is 5.10 Å². The van der Waals surface area contributed by atoms with E-state index in [0.717, 1.165) is 35.7 Å². The Balaban J connectivity index is 1.39. The molecule has 30 heavy (non-hydrogen) atoms. The van der Waals surface area contributed by atoms with Gasteiger partial charge in [0.05, 0.1) is 18.8 Å². The Hall–Kier alpha value is -2.75. The highest BCUT2D eigenvalue weighted by molar-refractivity contribution is 5.85. The Bertz CT molecular complexity index is 1070. The monoisotopic (exact) mass is 412 g/mol. The number of ether oxygens (including phenoxy) is 1. The van der Waals surface area contributed by atoms with Gasteiger partial charge in [0.1, 0.15) is 23.9 Å². The maximum atomic E-state index is 14.2. The van der Waals surface area contributed by atoms with Gasteiger partial charge in [-0.15, -0.1) is 5.10 Å². The molecule has 1 saturated carbocycles. The molecule has 3 aromatic rings. The van der Waals surface area contributed by atoms with E-state index in [1.165, 1.54) is 0 Å². The number of aromatic amines is 1. The zero-order chi connectivity index (χ0) is 20.5. The number of fused-ring (bicyclic) bond motifs is 2. The first-order valence-corrected chi connectivity index (χ1v) is 10.5. The van der Waals surface area contributed by atoms with Crippen molar-refractivity contribution in [2.24, 2.45) is 17.3 Å². The first-order valence-electron chi connectivity index (χ1n) is 10.5. The van der Waals surface area contributed by atoms with E-state index in [0.29, 0.717) is 36.2 Å². The van der Waals surface area contributed by atoms with Crippen molar-refractivity contribution in [3.8, 4) is 11.3 Å². The Morgan fingerprint density at radius 1 is 1.30 bits per heavy atom. The largest absolute Gasteiger partial charge is 0.378 e. The second-order valence-electron chi connectivity index (χ2n) is 9.20. The molecule has 3 aromatic heterocycles. The van der Waals surface area contributed by atoms with Gasteiger partial charge in [-0.2, -0.15) is 14.6 Å². The third kappa shape index (κ3) is 2.69. The number of nitrogens with zero attached hydrogens (tertiary/aromatic N) is 6. The van der Waals surface area contributed by atoms with Gasteiger partial charge >= 0.3 is 0 Å². The third-order valence-corrected chi connectivity index (χ3v) is 7.17. The van der Waals surface area contributed by atoms with E-state index < -0.39 is 6.17 Å². The van der Waals surface area contributed by atoms with Crippen LogP contribution in [0.25, 0.3) is 16.9 Å². The summed E-state index contributed by atoms with van der Waals surface area (Å²) in [6.45, 7) is 7.29. The minimum absolute atomic E-state index is 0.106. The number of anilines is 2. The van der Waals surface area contributed by atoms with Crippen LogP contribution in [0.5, 0.6) is 0 Å². The lowest BCUT2D eigenvalue weighted by Gasteiger charge is -2.26. The number of nitrogens with one attached hydrogen (secondary N) is 2. The summed E-state index contributed by atoms with van der Waals surface area (Å²) in [5.41, 5.74) is 3.85. The van der Waals surface area contributed by atoms with Gasteiger partial charge in [0.25, 0.3) is 0 Å². The van der Waals surface area contributed by atoms with Crippen molar-refractivity contribution in [1.82, 2.24) is 29.8 Å². The van der Waals surface area contributed by atoms with E-state index in [1.807, 2.05) is 6.20 Å². The fourth-order valence-electron chi connectivity index (χ4n) is 5.13. The summed E-state index contributed by atoms with van der Waals surface area (Å²) in [5, 5.41) is 14.7. The Labute approximate surface area is 173 Å². The molecule has 1 aliphatic carbocycles. The molecule has 4 unspecified atom stereocenters. The summed E-state index contributed by atoms with van der Waals surface area (Å²) in [5.74, 6) is 1.79. The quantitative estimate of drug-likeness (QED) is 0.678. The van der Waals surface area contributed by atoms with Gasteiger partial charge in [0, 0.05) is 31.5 Å². The predicted octanol–water partition coefficient (Wildman–Crippen LogP) is 2.15. The van der Waals surface area contributed by atoms with Crippen molar-refractivity contribution in [2.75, 3.05) is 36.5 Å². The van der Waals surface area contributed by atoms with Crippen LogP contribution in [0.2, 0.25) is 0 Å². The molecule has 6 rings (SSSR count). The predicted molar refractivity (Wildman–Crippen MR) is 109 cm³/mol. The molecule has 0 radical (unpaired) electrons. The Morgan fingerprint density at radius 3 is 2.87 bits per heavy atom. The summed E-state index contributed by atoms with van der Waals surface area (Å²) in [4.78, 5) is 11.8. The number of hydrogen-bond acceptors (Lipinski definition) is 7. The molecule has 3 aliphatic rings. The molecule has 4 atom stereocenters. The summed E-state index contributed by atoms with van der Waals surface area (Å²) >= 11 is 0. The lowest BCUT2D eigenvalue weighted by atomic mass is 10.1. The fourth-order valence-corrected chi connectivity index (χ4v) is 5.13. The van der Waals surface area contributed by atoms with E-state index in [9.17, 15) is 4.39 Å². The highest BCUT2D eigenvalue weighted by atomic mass is 19.1. The molecule has 0 aromatic carbocycles. The van der Waals surface area contributed by atoms with Crippen LogP contribution < -0.4 is 10.2 Å². The summed E-state index contributed by atoms with van der Waals surface area (Å²) < 4.78 is 21.1. The standard InChI is InChI=1S/C20H25FN8O/c1-20(2)12-7-28(8-13(12)20)17-16(11-5-23-24-6-11)22-10-29-18(17)26-19(27-29)25-15-3-4-30-9-14(15)21/h5-6,10,12-15H,3-4,7-9H2,1-2H3,(H,23,24)(H,25,27). The van der Waals surface area contributed by atoms with Crippen LogP contribution in [0, 0.1) is 17.3 Å². The van der Waals surface area contributed by atoms with E-state index in [4.69, 9.17) is 9.72 Å². The summed E-state index contributed by atoms with van der Waals surface area (Å²) in [6.07, 6.45) is 4.80. The molecule has 0 spiro atoms. The summed E-state index contributed by atoms with van der Waals surface area (Å²) in [6, 6.07) is -0.346. The fraction of sp³-hybridized carbons (Fsp3) is 0.600. The van der Waals surface area contributed by atoms with Gasteiger partial charge in [-0.1, -0.05) is 13.8 Å². The molecule has 2 N–H and O–H groups in total. The third-order valence-electron chi connectivity index (χ3n) is 7.17. The van der Waals surface area contributed by atoms with Crippen LogP contribution in [-0.2, 0) is 4.74 Å². The van der Waals surface area contributed by atoms with Crippen LogP contribution in [0.3, 0.4) is 0 Å². The molecule has 0 bridgehead atoms. The second kappa shape index (κ2) is 6.37. The number of piperidine rings is 1. The van der Waals surface area contributed by atoms with Gasteiger partial charge < -0.3 is 15.0 Å². The summed E-state index contributed by atoms with van der Waals surface area (Å²) in [7, 11) is 0. The first kappa shape index (κ1) is 18.1. The van der Waals surface area contributed by atoms with E-state index in [-0.39, 0.29) is 12.6 Å². The normalized spacial score (nSPS) is 29.9. The van der Waals surface area contributed by atoms with Crippen molar-refractivity contribution in [3.05, 3.63) is 18.7 Å². The van der Waals surface area contributed by atoms with Crippen molar-refractivity contribution in [1.29, 1.82) is 0 Å². The van der Waals surface area contributed by atoms with E-state index >= 15 is 0 Å². The average molecular weight is 412 g/mol. The average Bonchev–Trinajstić information content (AvgIpc) is 3.31. The van der Waals surface area contributed by atoms with E-state index in [2.05, 4.69) is 44.3 Å². The zero-order valence-electron chi connectivity index (χ0n) is 17.0. The molecule has 9 nitrogen and oxygen atoms in total. The number of aromatic nitrogens is 6. The van der Waals surface area contributed by atoms with Crippen molar-refractivity contribution >= 4 is 17.3 Å². The highest BCUT2D eigenvalue weighted by Gasteiger charge is 2.62. The molecular formula is C20H25FN8O. The molecular weight excluding hydrogens is 387 g/mol. The van der Waals surface area contributed by atoms with E-state index in [1.54, 1.807) is 17.0 Å². The minimum atomic E-state index is -1.07. The van der Waals surface area contributed by atoms with Crippen molar-refractivity contribution < 1.29 is 9.13 Å². The SMILES string of the molecule is CC1(C)C2CN(c3c(-c4cn[nH]c4)ncn4nc(NC5CCOCC5F)nc34)CC21. The molecule has 158 valence electrons. The second-order valence-corrected chi connectivity index (χ2v) is 9.20. The smallest absolute Gasteiger partial charge is 0.243 e. The molecule has 5 heterocycles. The number of hydrogen-bond donors (Lipinski definition) is 2. The maximum absolute atomic E-state index is 14.2. The topological polar surface area (TPSA) is 96.3 Å². The molecule has 3 fully saturated rings. The number of rotatable bonds is 4. The van der Waals surface area contributed by atoms with Crippen LogP contribution in [0.15, 0.2) is 18.7 Å². The highest BCUT2D eigenvalue weighted by Crippen LogP contribution is 2.62.